The fraction of sp³-hybridized carbons (Fsp3) is 0.333. The third-order valence-electron chi connectivity index (χ3n) is 0.526. The summed E-state index contributed by atoms with van der Waals surface area (Å²) in [4.78, 5) is 0. The molecule has 1 N–H and O–H groups in total. The van der Waals surface area contributed by atoms with E-state index in [1.54, 1.807) is 0 Å². The zero-order valence-corrected chi connectivity index (χ0v) is 6.03. The Morgan fingerprint density at radius 2 is 1.38 bits per heavy atom. The molecule has 0 radical (unpaired) electrons. The van der Waals surface area contributed by atoms with Gasteiger partial charge < -0.3 is 5.32 Å². The Bertz CT molecular complexity index is 66.6. The van der Waals surface area contributed by atoms with Crippen LogP contribution in [0.15, 0.2) is 24.6 Å². The molecule has 0 bridgehead atoms. The van der Waals surface area contributed by atoms with Gasteiger partial charge in [-0.05, 0) is 26.2 Å². The Morgan fingerprint density at radius 1 is 1.00 bits per heavy atom. The van der Waals surface area contributed by atoms with Crippen molar-refractivity contribution in [2.75, 3.05) is 0 Å². The first kappa shape index (κ1) is 10.5. The van der Waals surface area contributed by atoms with Crippen molar-refractivity contribution in [3.05, 3.63) is 24.6 Å². The molecule has 0 aliphatic carbocycles. The van der Waals surface area contributed by atoms with Crippen molar-refractivity contribution in [2.24, 2.45) is 0 Å². The van der Waals surface area contributed by atoms with E-state index in [4.69, 9.17) is 0 Å². The smallest absolute Gasteiger partial charge is 0.00386 e. The highest BCUT2D eigenvalue weighted by Crippen LogP contribution is 1.64. The van der Waals surface area contributed by atoms with E-state index in [0.29, 0.717) is 0 Å². The lowest BCUT2D eigenvalue weighted by Crippen LogP contribution is -1.88. The molecular formula is C6H12ClN. The van der Waals surface area contributed by atoms with Gasteiger partial charge in [0.25, 0.3) is 0 Å². The first-order chi connectivity index (χ1) is 3.41. The lowest BCUT2D eigenvalue weighted by molar-refractivity contribution is 1.18. The third-order valence-corrected chi connectivity index (χ3v) is 0.526. The van der Waals surface area contributed by atoms with Gasteiger partial charge in [0.05, 0.1) is 0 Å². The number of nitrogens with one attached hydrogen (secondary N) is 1. The minimum absolute atomic E-state index is 0. The maximum Gasteiger partial charge on any atom is -0.00386 e. The molecule has 0 rings (SSSR count). The van der Waals surface area contributed by atoms with Crippen molar-refractivity contribution in [1.82, 2.24) is 5.32 Å². The summed E-state index contributed by atoms with van der Waals surface area (Å²) in [5.74, 6) is 0. The molecule has 0 aliphatic heterocycles. The summed E-state index contributed by atoms with van der Waals surface area (Å²) in [6.07, 6.45) is 7.64. The van der Waals surface area contributed by atoms with Crippen LogP contribution in [-0.4, -0.2) is 0 Å². The van der Waals surface area contributed by atoms with Crippen LogP contribution in [0.5, 0.6) is 0 Å². The normalized spacial score (nSPS) is 9.75. The van der Waals surface area contributed by atoms with Gasteiger partial charge in [0, 0.05) is 0 Å². The van der Waals surface area contributed by atoms with E-state index in [1.807, 2.05) is 38.4 Å². The molecule has 0 atom stereocenters. The second-order valence-corrected chi connectivity index (χ2v) is 1.17. The van der Waals surface area contributed by atoms with Crippen LogP contribution in [0.1, 0.15) is 13.8 Å². The van der Waals surface area contributed by atoms with Crippen LogP contribution in [0.3, 0.4) is 0 Å². The van der Waals surface area contributed by atoms with E-state index in [2.05, 4.69) is 5.32 Å². The molecule has 0 aromatic rings. The molecule has 0 aliphatic rings. The van der Waals surface area contributed by atoms with Crippen molar-refractivity contribution in [2.45, 2.75) is 13.8 Å². The number of allylic oxidation sites excluding steroid dienone is 2. The Morgan fingerprint density at radius 3 is 1.62 bits per heavy atom. The number of halogens is 1. The first-order valence-corrected chi connectivity index (χ1v) is 2.40. The van der Waals surface area contributed by atoms with Gasteiger partial charge in [-0.2, -0.15) is 0 Å². The summed E-state index contributed by atoms with van der Waals surface area (Å²) in [6, 6.07) is 0. The first-order valence-electron chi connectivity index (χ1n) is 2.40. The SMILES string of the molecule is CC=CNC=CC.Cl. The lowest BCUT2D eigenvalue weighted by Gasteiger charge is -1.81. The third kappa shape index (κ3) is 9.13. The summed E-state index contributed by atoms with van der Waals surface area (Å²) in [5.41, 5.74) is 0. The summed E-state index contributed by atoms with van der Waals surface area (Å²) >= 11 is 0. The molecule has 0 amide bonds. The van der Waals surface area contributed by atoms with Crippen molar-refractivity contribution in [1.29, 1.82) is 0 Å². The Balaban J connectivity index is 0. The average Bonchev–Trinajstić information content (AvgIpc) is 1.69. The Kier molecular flexibility index (Phi) is 12.8. The highest BCUT2D eigenvalue weighted by molar-refractivity contribution is 5.85. The molecule has 1 nitrogen and oxygen atoms in total. The van der Waals surface area contributed by atoms with E-state index < -0.39 is 0 Å². The fourth-order valence-corrected chi connectivity index (χ4v) is 0.248. The average molecular weight is 134 g/mol. The van der Waals surface area contributed by atoms with Crippen LogP contribution in [0.4, 0.5) is 0 Å². The lowest BCUT2D eigenvalue weighted by atomic mass is 10.6. The van der Waals surface area contributed by atoms with Crippen molar-refractivity contribution in [3.63, 3.8) is 0 Å². The highest BCUT2D eigenvalue weighted by atomic mass is 35.5. The van der Waals surface area contributed by atoms with E-state index >= 15 is 0 Å². The largest absolute Gasteiger partial charge is 0.368 e. The van der Waals surface area contributed by atoms with E-state index in [1.165, 1.54) is 0 Å². The van der Waals surface area contributed by atoms with Gasteiger partial charge >= 0.3 is 0 Å². The number of hydrogen-bond donors (Lipinski definition) is 1. The second kappa shape index (κ2) is 9.76. The molecule has 0 spiro atoms. The minimum atomic E-state index is 0. The van der Waals surface area contributed by atoms with Crippen LogP contribution in [-0.2, 0) is 0 Å². The highest BCUT2D eigenvalue weighted by Gasteiger charge is 1.55. The van der Waals surface area contributed by atoms with Crippen molar-refractivity contribution < 1.29 is 0 Å². The van der Waals surface area contributed by atoms with Gasteiger partial charge in [0.15, 0.2) is 0 Å². The topological polar surface area (TPSA) is 12.0 Å². The molecule has 0 heterocycles. The van der Waals surface area contributed by atoms with Crippen molar-refractivity contribution >= 4 is 12.4 Å². The van der Waals surface area contributed by atoms with E-state index in [9.17, 15) is 0 Å². The van der Waals surface area contributed by atoms with Crippen LogP contribution >= 0.6 is 12.4 Å². The Labute approximate surface area is 56.9 Å². The van der Waals surface area contributed by atoms with Crippen molar-refractivity contribution in [3.8, 4) is 0 Å². The van der Waals surface area contributed by atoms with Gasteiger partial charge in [0.2, 0.25) is 0 Å². The maximum absolute atomic E-state index is 2.92. The maximum atomic E-state index is 2.92. The number of rotatable bonds is 2. The molecular weight excluding hydrogens is 122 g/mol. The monoisotopic (exact) mass is 133 g/mol. The van der Waals surface area contributed by atoms with Gasteiger partial charge in [-0.3, -0.25) is 0 Å². The number of hydrogen-bond acceptors (Lipinski definition) is 1. The summed E-state index contributed by atoms with van der Waals surface area (Å²) in [6.45, 7) is 3.94. The Hall–Kier alpha value is -0.430. The van der Waals surface area contributed by atoms with Crippen LogP contribution < -0.4 is 5.32 Å². The van der Waals surface area contributed by atoms with Crippen LogP contribution in [0, 0.1) is 0 Å². The van der Waals surface area contributed by atoms with Crippen LogP contribution in [0.25, 0.3) is 0 Å². The van der Waals surface area contributed by atoms with Crippen LogP contribution in [0.2, 0.25) is 0 Å². The molecule has 0 aromatic heterocycles. The van der Waals surface area contributed by atoms with Gasteiger partial charge in [-0.1, -0.05) is 12.2 Å². The quantitative estimate of drug-likeness (QED) is 0.608. The summed E-state index contributed by atoms with van der Waals surface area (Å²) in [5, 5.41) is 2.92. The zero-order chi connectivity index (χ0) is 5.54. The second-order valence-electron chi connectivity index (χ2n) is 1.17. The zero-order valence-electron chi connectivity index (χ0n) is 5.22. The summed E-state index contributed by atoms with van der Waals surface area (Å²) in [7, 11) is 0. The molecule has 0 saturated heterocycles. The standard InChI is InChI=1S/C6H11N.ClH/c1-3-5-7-6-4-2;/h3-7H,1-2H3;1H. The van der Waals surface area contributed by atoms with E-state index in [-0.39, 0.29) is 12.4 Å². The predicted molar refractivity (Wildman–Crippen MR) is 40.0 cm³/mol. The molecule has 2 heteroatoms. The molecule has 8 heavy (non-hydrogen) atoms. The van der Waals surface area contributed by atoms with E-state index in [0.717, 1.165) is 0 Å². The predicted octanol–water partition coefficient (Wildman–Crippen LogP) is 2.06. The van der Waals surface area contributed by atoms with Gasteiger partial charge in [-0.15, -0.1) is 12.4 Å². The molecule has 48 valence electrons. The minimum Gasteiger partial charge on any atom is -0.368 e. The molecule has 0 unspecified atom stereocenters. The molecule has 0 fully saturated rings. The summed E-state index contributed by atoms with van der Waals surface area (Å²) < 4.78 is 0. The van der Waals surface area contributed by atoms with Gasteiger partial charge in [-0.25, -0.2) is 0 Å². The molecule has 0 saturated carbocycles. The fourth-order valence-electron chi connectivity index (χ4n) is 0.248. The van der Waals surface area contributed by atoms with Gasteiger partial charge in [0.1, 0.15) is 0 Å². The molecule has 0 aromatic carbocycles.